The highest BCUT2D eigenvalue weighted by atomic mass is 32.2. The summed E-state index contributed by atoms with van der Waals surface area (Å²) >= 11 is 0. The molecule has 0 unspecified atom stereocenters. The van der Waals surface area contributed by atoms with E-state index in [4.69, 9.17) is 62.5 Å². The Hall–Kier alpha value is -15.9. The quantitative estimate of drug-likeness (QED) is 0.0141. The molecule has 0 spiro atoms. The fourth-order valence-corrected chi connectivity index (χ4v) is 19.6. The van der Waals surface area contributed by atoms with Crippen LogP contribution in [0.1, 0.15) is 224 Å². The smallest absolute Gasteiger partial charge is 0.311 e. The third-order valence-electron chi connectivity index (χ3n) is 24.9. The van der Waals surface area contributed by atoms with Crippen molar-refractivity contribution in [3.8, 4) is 161 Å². The molecule has 33 nitrogen and oxygen atoms in total. The average molecular weight is 1970 g/mol. The molecule has 0 saturated heterocycles. The molecule has 15 aromatic rings. The van der Waals surface area contributed by atoms with E-state index in [0.29, 0.717) is 147 Å². The van der Waals surface area contributed by atoms with Crippen LogP contribution >= 0.6 is 0 Å². The Bertz CT molecular complexity index is 7450. The SMILES string of the molecule is C=C(C)O[C@@H]1CCc2c(-c3noc(-c4ccc(OC(C)C)c(C#N)c4)n3)cccc21.CC(C)Oc1cc(C#N)cc(-c2nc(-c3cccc4c3CC[C@H]4N)no2)c1.CC(C)Oc1ccc(-c2nc(-c3cccc4c3CC[C@H]4N)no2)cc1.CCCNCCS(=O)(=O)N[C@@H]1CCc2c(-c3noc(-c4ccc(OC(C)C)c(C#N)c4)n3)cccc21.CCOc1ccc(-c2nc(-c3cccc4c3CC[C@@H]4C)no2)cc1[N+](=O)[O-]. The van der Waals surface area contributed by atoms with E-state index in [9.17, 15) is 34.3 Å². The van der Waals surface area contributed by atoms with Crippen molar-refractivity contribution < 1.29 is 64.4 Å². The summed E-state index contributed by atoms with van der Waals surface area (Å²) in [4.78, 5) is 33.7. The molecule has 744 valence electrons. The third-order valence-corrected chi connectivity index (χ3v) is 26.3. The van der Waals surface area contributed by atoms with E-state index in [0.717, 1.165) is 126 Å². The van der Waals surface area contributed by atoms with Gasteiger partial charge in [0.1, 0.15) is 41.2 Å². The zero-order valence-corrected chi connectivity index (χ0v) is 83.7. The van der Waals surface area contributed by atoms with Gasteiger partial charge in [-0.25, -0.2) is 13.1 Å². The van der Waals surface area contributed by atoms with E-state index in [2.05, 4.69) is 117 Å². The Labute approximate surface area is 840 Å². The first-order valence-corrected chi connectivity index (χ1v) is 50.3. The molecule has 0 bridgehead atoms. The fraction of sp³-hybridized carbons (Fsp3) is 0.324. The van der Waals surface area contributed by atoms with Crippen LogP contribution < -0.4 is 45.2 Å². The summed E-state index contributed by atoms with van der Waals surface area (Å²) in [5, 5.41) is 63.6. The van der Waals surface area contributed by atoms with E-state index >= 15 is 0 Å². The van der Waals surface area contributed by atoms with Gasteiger partial charge >= 0.3 is 5.69 Å². The minimum Gasteiger partial charge on any atom is -0.491 e. The van der Waals surface area contributed by atoms with Crippen molar-refractivity contribution in [2.45, 2.75) is 208 Å². The number of ether oxygens (including phenoxy) is 6. The molecule has 10 aromatic carbocycles. The number of nitrogens with two attached hydrogens (primary N) is 2. The molecular formula is C111H114N18O15S. The number of aromatic nitrogens is 10. The molecule has 0 aliphatic heterocycles. The van der Waals surface area contributed by atoms with Crippen molar-refractivity contribution in [3.05, 3.63) is 283 Å². The lowest BCUT2D eigenvalue weighted by Gasteiger charge is -2.15. The van der Waals surface area contributed by atoms with Crippen LogP contribution in [0.2, 0.25) is 0 Å². The van der Waals surface area contributed by atoms with E-state index in [-0.39, 0.29) is 71.7 Å². The predicted molar refractivity (Wildman–Crippen MR) is 546 cm³/mol. The second-order valence-corrected chi connectivity index (χ2v) is 38.8. The third kappa shape index (κ3) is 24.2. The Kier molecular flexibility index (Phi) is 32.4. The number of hydrogen-bond donors (Lipinski definition) is 4. The van der Waals surface area contributed by atoms with Crippen molar-refractivity contribution >= 4 is 15.7 Å². The van der Waals surface area contributed by atoms with Crippen LogP contribution in [0.5, 0.6) is 28.7 Å². The number of nitrogens with zero attached hydrogens (tertiary/aromatic N) is 14. The molecule has 5 heterocycles. The van der Waals surface area contributed by atoms with Gasteiger partial charge in [0.15, 0.2) is 5.75 Å². The summed E-state index contributed by atoms with van der Waals surface area (Å²) in [6, 6.07) is 64.5. The van der Waals surface area contributed by atoms with Gasteiger partial charge < -0.3 is 67.8 Å². The van der Waals surface area contributed by atoms with Crippen LogP contribution in [-0.4, -0.2) is 114 Å². The second-order valence-electron chi connectivity index (χ2n) is 36.9. The van der Waals surface area contributed by atoms with E-state index in [1.54, 1.807) is 61.5 Å². The van der Waals surface area contributed by atoms with Gasteiger partial charge in [-0.1, -0.05) is 137 Å². The Morgan fingerprint density at radius 1 is 0.462 bits per heavy atom. The first-order chi connectivity index (χ1) is 70.0. The maximum atomic E-state index is 12.6. The van der Waals surface area contributed by atoms with Crippen LogP contribution in [0.3, 0.4) is 0 Å². The Morgan fingerprint density at radius 3 is 1.32 bits per heavy atom. The van der Waals surface area contributed by atoms with Crippen molar-refractivity contribution in [3.63, 3.8) is 0 Å². The number of allylic oxidation sites excluding steroid dienone is 1. The second kappa shape index (κ2) is 46.0. The summed E-state index contributed by atoms with van der Waals surface area (Å²) in [7, 11) is -3.41. The van der Waals surface area contributed by atoms with Crippen LogP contribution in [0.4, 0.5) is 5.69 Å². The minimum absolute atomic E-state index is 0.00107. The average Bonchev–Trinajstić information content (AvgIpc) is 1.58. The molecule has 145 heavy (non-hydrogen) atoms. The standard InChI is InChI=1S/C26H31N5O4S.C24H23N3O3.C21H20N4O2.C20H19N3O4.C20H21N3O2/c1-4-12-28-13-14-36(32,33)31-23-10-9-20-21(23)6-5-7-22(20)25-29-26(35-30-25)18-8-11-24(34-17(2)3)19(15-18)16-27;1-14(2)28-21-10-8-16(12-17(21)13-25)24-26-23(27-30-24)20-7-5-6-19-18(20)9-11-22(19)29-15(3)4;1-12(2)26-15-9-13(11-22)8-14(10-15)21-24-20(25-27-21)18-5-3-4-17-16(18)6-7-19(17)23;1-3-26-18-10-8-13(11-17(18)23(24)25)20-21-19(22-27-20)16-6-4-5-14-12(2)7-9-15(14)16;1-12(2)24-14-8-6-13(7-9-14)20-22-19(23-25-20)17-5-3-4-16-15(17)10-11-18(16)21/h5-8,11,15,17,23,28,31H,4,9-10,12-14H2,1-3H3;5-8,10,12,14,22H,3,9,11H2,1-2,4H3;3-5,8-10,12,19H,6-7,23H2,1-2H3;4-6,8,10-12H,3,7,9H2,1-2H3;3-9,12,18H,10-11,21H2,1-2H3/t23-;22-;19-;12-;18-/m11101/s1. The summed E-state index contributed by atoms with van der Waals surface area (Å²) in [5.74, 6) is 8.35. The zero-order valence-electron chi connectivity index (χ0n) is 82.9. The molecule has 6 N–H and O–H groups in total. The lowest BCUT2D eigenvalue weighted by Crippen LogP contribution is -2.34. The topological polar surface area (TPSA) is 475 Å². The number of sulfonamides is 1. The highest BCUT2D eigenvalue weighted by Crippen LogP contribution is 2.46. The van der Waals surface area contributed by atoms with E-state index in [1.807, 2.05) is 172 Å². The normalized spacial score (nSPS) is 15.5. The predicted octanol–water partition coefficient (Wildman–Crippen LogP) is 22.5. The minimum atomic E-state index is -3.41. The molecule has 5 atom stereocenters. The lowest BCUT2D eigenvalue weighted by molar-refractivity contribution is -0.385. The number of nitro benzene ring substituents is 1. The van der Waals surface area contributed by atoms with Crippen LogP contribution in [0.25, 0.3) is 114 Å². The van der Waals surface area contributed by atoms with E-state index in [1.165, 1.54) is 39.4 Å². The number of nitriles is 3. The van der Waals surface area contributed by atoms with Gasteiger partial charge in [0.25, 0.3) is 29.5 Å². The Balaban J connectivity index is 0.000000131. The van der Waals surface area contributed by atoms with E-state index < -0.39 is 14.9 Å². The van der Waals surface area contributed by atoms with Crippen LogP contribution in [0.15, 0.2) is 223 Å². The van der Waals surface area contributed by atoms with Gasteiger partial charge in [0.2, 0.25) is 39.1 Å². The first kappa shape index (κ1) is 102. The number of hydrogen-bond acceptors (Lipinski definition) is 31. The number of rotatable bonds is 30. The number of benzene rings is 10. The maximum absolute atomic E-state index is 12.6. The first-order valence-electron chi connectivity index (χ1n) is 48.7. The van der Waals surface area contributed by atoms with Gasteiger partial charge in [0.05, 0.1) is 70.2 Å². The van der Waals surface area contributed by atoms with Crippen molar-refractivity contribution in [2.24, 2.45) is 11.5 Å². The van der Waals surface area contributed by atoms with Crippen molar-refractivity contribution in [1.29, 1.82) is 15.8 Å². The van der Waals surface area contributed by atoms with Crippen LogP contribution in [-0.2, 0) is 46.9 Å². The van der Waals surface area contributed by atoms with Crippen LogP contribution in [0, 0.1) is 44.1 Å². The van der Waals surface area contributed by atoms with Crippen molar-refractivity contribution in [1.82, 2.24) is 60.7 Å². The molecule has 0 radical (unpaired) electrons. The summed E-state index contributed by atoms with van der Waals surface area (Å²) in [6.45, 7) is 28.8. The monoisotopic (exact) mass is 1970 g/mol. The van der Waals surface area contributed by atoms with Crippen molar-refractivity contribution in [2.75, 3.05) is 25.4 Å². The van der Waals surface area contributed by atoms with Gasteiger partial charge in [-0.2, -0.15) is 40.7 Å². The number of nitrogens with one attached hydrogen (secondary N) is 2. The molecule has 5 aliphatic carbocycles. The van der Waals surface area contributed by atoms with Gasteiger partial charge in [0, 0.05) is 86.4 Å². The summed E-state index contributed by atoms with van der Waals surface area (Å²) in [5.41, 5.74) is 33.1. The number of nitro groups is 1. The molecule has 34 heteroatoms. The van der Waals surface area contributed by atoms with Gasteiger partial charge in [-0.15, -0.1) is 0 Å². The van der Waals surface area contributed by atoms with Gasteiger partial charge in [-0.3, -0.25) is 10.1 Å². The summed E-state index contributed by atoms with van der Waals surface area (Å²) in [6.07, 6.45) is 10.1. The van der Waals surface area contributed by atoms with Gasteiger partial charge in [-0.05, 0) is 299 Å². The highest BCUT2D eigenvalue weighted by Gasteiger charge is 2.34. The highest BCUT2D eigenvalue weighted by molar-refractivity contribution is 7.89. The molecular weight excluding hydrogens is 1860 g/mol. The number of fused-ring (bicyclic) bond motifs is 5. The lowest BCUT2D eigenvalue weighted by atomic mass is 9.99. The molecule has 5 aromatic heterocycles. The largest absolute Gasteiger partial charge is 0.491 e. The maximum Gasteiger partial charge on any atom is 0.311 e. The molecule has 0 fully saturated rings. The zero-order chi connectivity index (χ0) is 102. The Morgan fingerprint density at radius 2 is 0.862 bits per heavy atom. The molecule has 20 rings (SSSR count). The fourth-order valence-electron chi connectivity index (χ4n) is 18.4. The summed E-state index contributed by atoms with van der Waals surface area (Å²) < 4.78 is 89.4. The molecule has 5 aliphatic rings. The molecule has 0 amide bonds. The molecule has 0 saturated carbocycles.